The lowest BCUT2D eigenvalue weighted by Crippen LogP contribution is -2.56. The van der Waals surface area contributed by atoms with Crippen LogP contribution in [-0.2, 0) is 0 Å². The van der Waals surface area contributed by atoms with Gasteiger partial charge in [-0.2, -0.15) is 0 Å². The van der Waals surface area contributed by atoms with Gasteiger partial charge in [-0.3, -0.25) is 0 Å². The van der Waals surface area contributed by atoms with Crippen molar-refractivity contribution in [2.24, 2.45) is 33.5 Å². The van der Waals surface area contributed by atoms with Crippen LogP contribution in [0.1, 0.15) is 91.9 Å². The highest BCUT2D eigenvalue weighted by Crippen LogP contribution is 2.73. The molecule has 20 heavy (non-hydrogen) atoms. The lowest BCUT2D eigenvalue weighted by Gasteiger charge is -2.64. The summed E-state index contributed by atoms with van der Waals surface area (Å²) in [5, 5.41) is 0. The molecule has 114 valence electrons. The van der Waals surface area contributed by atoms with Gasteiger partial charge in [0.1, 0.15) is 0 Å². The summed E-state index contributed by atoms with van der Waals surface area (Å²) >= 11 is 0. The molecule has 0 aliphatic heterocycles. The molecule has 0 aromatic heterocycles. The molecule has 5 atom stereocenters. The number of rotatable bonds is 0. The number of hydrogen-bond donors (Lipinski definition) is 0. The Labute approximate surface area is 126 Å². The van der Waals surface area contributed by atoms with E-state index in [1.807, 2.05) is 0 Å². The van der Waals surface area contributed by atoms with Crippen molar-refractivity contribution in [2.45, 2.75) is 91.9 Å². The molecule has 4 saturated carbocycles. The molecule has 0 heterocycles. The molecule has 4 unspecified atom stereocenters. The van der Waals surface area contributed by atoms with E-state index in [2.05, 4.69) is 27.7 Å². The second-order valence-corrected chi connectivity index (χ2v) is 10.4. The highest BCUT2D eigenvalue weighted by molar-refractivity contribution is 5.13. The first-order valence-corrected chi connectivity index (χ1v) is 9.30. The van der Waals surface area contributed by atoms with Gasteiger partial charge in [-0.05, 0) is 91.3 Å². The maximum Gasteiger partial charge on any atom is -0.0258 e. The molecule has 0 heteroatoms. The van der Waals surface area contributed by atoms with Crippen molar-refractivity contribution in [3.8, 4) is 0 Å². The molecule has 0 saturated heterocycles. The maximum absolute atomic E-state index is 2.71. The minimum Gasteiger partial charge on any atom is -0.0596 e. The largest absolute Gasteiger partial charge is 0.0596 e. The monoisotopic (exact) mass is 274 g/mol. The third-order valence-corrected chi connectivity index (χ3v) is 8.78. The maximum atomic E-state index is 2.71. The van der Waals surface area contributed by atoms with Crippen LogP contribution in [0.2, 0.25) is 0 Å². The fraction of sp³-hybridized carbons (Fsp3) is 1.00. The Morgan fingerprint density at radius 1 is 0.700 bits per heavy atom. The van der Waals surface area contributed by atoms with Crippen molar-refractivity contribution in [3.05, 3.63) is 0 Å². The summed E-state index contributed by atoms with van der Waals surface area (Å²) in [5.41, 5.74) is 2.77. The van der Waals surface area contributed by atoms with Gasteiger partial charge < -0.3 is 0 Å². The van der Waals surface area contributed by atoms with Crippen LogP contribution in [0, 0.1) is 33.5 Å². The van der Waals surface area contributed by atoms with E-state index >= 15 is 0 Å². The van der Waals surface area contributed by atoms with Crippen LogP contribution in [0.4, 0.5) is 0 Å². The molecule has 0 aromatic rings. The van der Waals surface area contributed by atoms with Gasteiger partial charge in [-0.1, -0.05) is 34.1 Å². The van der Waals surface area contributed by atoms with Gasteiger partial charge in [-0.25, -0.2) is 0 Å². The molecule has 0 amide bonds. The van der Waals surface area contributed by atoms with Gasteiger partial charge in [0.15, 0.2) is 0 Å². The Balaban J connectivity index is 1.73. The lowest BCUT2D eigenvalue weighted by atomic mass is 9.40. The van der Waals surface area contributed by atoms with E-state index in [0.29, 0.717) is 10.8 Å². The lowest BCUT2D eigenvalue weighted by molar-refractivity contribution is -0.149. The first-order chi connectivity index (χ1) is 9.30. The molecule has 4 rings (SSSR count). The van der Waals surface area contributed by atoms with E-state index in [9.17, 15) is 0 Å². The van der Waals surface area contributed by atoms with Crippen LogP contribution in [0.15, 0.2) is 0 Å². The SMILES string of the molecule is CC12CCC3C(CCC4C(C)(C)CCC[C@]43C)(CC1)C2. The fourth-order valence-electron chi connectivity index (χ4n) is 8.04. The molecule has 4 aliphatic carbocycles. The minimum atomic E-state index is 0.605. The van der Waals surface area contributed by atoms with Crippen LogP contribution in [0.5, 0.6) is 0 Å². The Kier molecular flexibility index (Phi) is 2.63. The van der Waals surface area contributed by atoms with E-state index in [1.165, 1.54) is 38.5 Å². The molecule has 0 aromatic carbocycles. The van der Waals surface area contributed by atoms with Crippen molar-refractivity contribution in [3.63, 3.8) is 0 Å². The van der Waals surface area contributed by atoms with Crippen molar-refractivity contribution in [2.75, 3.05) is 0 Å². The van der Waals surface area contributed by atoms with Crippen molar-refractivity contribution in [1.82, 2.24) is 0 Å². The average molecular weight is 274 g/mol. The second kappa shape index (κ2) is 3.85. The van der Waals surface area contributed by atoms with Gasteiger partial charge in [0, 0.05) is 0 Å². The van der Waals surface area contributed by atoms with E-state index in [-0.39, 0.29) is 0 Å². The topological polar surface area (TPSA) is 0 Å². The van der Waals surface area contributed by atoms with Crippen LogP contribution in [-0.4, -0.2) is 0 Å². The van der Waals surface area contributed by atoms with Crippen LogP contribution in [0.25, 0.3) is 0 Å². The third-order valence-electron chi connectivity index (χ3n) is 8.78. The van der Waals surface area contributed by atoms with Crippen LogP contribution in [0.3, 0.4) is 0 Å². The highest BCUT2D eigenvalue weighted by atomic mass is 14.7. The van der Waals surface area contributed by atoms with Crippen molar-refractivity contribution >= 4 is 0 Å². The predicted octanol–water partition coefficient (Wildman–Crippen LogP) is 6.20. The summed E-state index contributed by atoms with van der Waals surface area (Å²) in [6.07, 6.45) is 15.4. The van der Waals surface area contributed by atoms with Gasteiger partial charge in [-0.15, -0.1) is 0 Å². The standard InChI is InChI=1S/C20H34/c1-17(2)8-5-9-19(4)15(17)7-11-20-13-12-18(3,14-20)10-6-16(19)20/h15-16H,5-14H2,1-4H3/t15?,16?,18?,19-,20?/m1/s1. The number of fused-ring (bicyclic) bond motifs is 3. The molecule has 4 aliphatic rings. The summed E-state index contributed by atoms with van der Waals surface area (Å²) in [4.78, 5) is 0. The molecule has 2 bridgehead atoms. The summed E-state index contributed by atoms with van der Waals surface area (Å²) in [6, 6.07) is 0. The zero-order chi connectivity index (χ0) is 14.2. The molecule has 0 nitrogen and oxygen atoms in total. The minimum absolute atomic E-state index is 0.605. The molecular formula is C20H34. The predicted molar refractivity (Wildman–Crippen MR) is 85.6 cm³/mol. The zero-order valence-electron chi connectivity index (χ0n) is 14.2. The molecule has 4 fully saturated rings. The Morgan fingerprint density at radius 3 is 2.25 bits per heavy atom. The summed E-state index contributed by atoms with van der Waals surface area (Å²) < 4.78 is 0. The van der Waals surface area contributed by atoms with Crippen LogP contribution < -0.4 is 0 Å². The van der Waals surface area contributed by atoms with Gasteiger partial charge in [0.25, 0.3) is 0 Å². The second-order valence-electron chi connectivity index (χ2n) is 10.4. The fourth-order valence-corrected chi connectivity index (χ4v) is 8.04. The molecular weight excluding hydrogens is 240 g/mol. The van der Waals surface area contributed by atoms with E-state index in [1.54, 1.807) is 25.7 Å². The summed E-state index contributed by atoms with van der Waals surface area (Å²) in [6.45, 7) is 10.5. The van der Waals surface area contributed by atoms with Gasteiger partial charge in [0.05, 0.1) is 0 Å². The first-order valence-electron chi connectivity index (χ1n) is 9.30. The molecule has 0 radical (unpaired) electrons. The Bertz CT molecular complexity index is 422. The van der Waals surface area contributed by atoms with Gasteiger partial charge in [0.2, 0.25) is 0 Å². The Hall–Kier alpha value is 0. The quantitative estimate of drug-likeness (QED) is 0.493. The van der Waals surface area contributed by atoms with Gasteiger partial charge >= 0.3 is 0 Å². The normalized spacial score (nSPS) is 57.0. The molecule has 1 spiro atoms. The smallest absolute Gasteiger partial charge is 0.0258 e. The summed E-state index contributed by atoms with van der Waals surface area (Å²) in [5.74, 6) is 2.06. The van der Waals surface area contributed by atoms with Crippen molar-refractivity contribution < 1.29 is 0 Å². The van der Waals surface area contributed by atoms with E-state index < -0.39 is 0 Å². The van der Waals surface area contributed by atoms with E-state index in [4.69, 9.17) is 0 Å². The number of hydrogen-bond acceptors (Lipinski definition) is 0. The first kappa shape index (κ1) is 13.6. The third kappa shape index (κ3) is 1.60. The zero-order valence-corrected chi connectivity index (χ0v) is 14.2. The van der Waals surface area contributed by atoms with Crippen molar-refractivity contribution in [1.29, 1.82) is 0 Å². The summed E-state index contributed by atoms with van der Waals surface area (Å²) in [7, 11) is 0. The highest BCUT2D eigenvalue weighted by Gasteiger charge is 2.64. The van der Waals surface area contributed by atoms with E-state index in [0.717, 1.165) is 22.7 Å². The molecule has 0 N–H and O–H groups in total. The average Bonchev–Trinajstić information content (AvgIpc) is 2.58. The van der Waals surface area contributed by atoms with Crippen LogP contribution >= 0.6 is 0 Å². The Morgan fingerprint density at radius 2 is 1.45 bits per heavy atom.